The molecule has 3 aliphatic rings. The normalized spacial score (nSPS) is 20.7. The van der Waals surface area contributed by atoms with E-state index in [-0.39, 0.29) is 65.7 Å². The lowest BCUT2D eigenvalue weighted by atomic mass is 9.58. The summed E-state index contributed by atoms with van der Waals surface area (Å²) in [6, 6.07) is 4.11. The Bertz CT molecular complexity index is 1270. The Labute approximate surface area is 225 Å². The molecule has 2 amide bonds. The Hall–Kier alpha value is -3.17. The van der Waals surface area contributed by atoms with Gasteiger partial charge >= 0.3 is 12.0 Å². The maximum absolute atomic E-state index is 14.8. The lowest BCUT2D eigenvalue weighted by molar-refractivity contribution is -0.174. The van der Waals surface area contributed by atoms with Crippen LogP contribution in [-0.2, 0) is 9.53 Å². The van der Waals surface area contributed by atoms with E-state index in [1.54, 1.807) is 4.90 Å². The smallest absolute Gasteiger partial charge is 0.321 e. The highest BCUT2D eigenvalue weighted by molar-refractivity contribution is 5.96. The molecular formula is C29H33F4N3O3. The SMILES string of the molecule is CC(C)(C)OC(=O)C1CC2(C1)CN(C(=O)Nc1c(-c3cc(F)ccc3F)ccnc1C1CCC(F)(F)CC1)C2. The van der Waals surface area contributed by atoms with Crippen molar-refractivity contribution in [3.05, 3.63) is 47.8 Å². The Morgan fingerprint density at radius 2 is 1.72 bits per heavy atom. The Kier molecular flexibility index (Phi) is 6.87. The van der Waals surface area contributed by atoms with Gasteiger partial charge in [-0.05, 0) is 70.7 Å². The van der Waals surface area contributed by atoms with Crippen molar-refractivity contribution in [1.29, 1.82) is 0 Å². The Morgan fingerprint density at radius 1 is 1.05 bits per heavy atom. The number of anilines is 1. The van der Waals surface area contributed by atoms with Crippen LogP contribution in [-0.4, -0.2) is 46.5 Å². The number of likely N-dealkylation sites (tertiary alicyclic amines) is 1. The first-order valence-corrected chi connectivity index (χ1v) is 13.4. The van der Waals surface area contributed by atoms with Crippen molar-refractivity contribution in [3.63, 3.8) is 0 Å². The van der Waals surface area contributed by atoms with Crippen molar-refractivity contribution >= 4 is 17.7 Å². The van der Waals surface area contributed by atoms with E-state index in [2.05, 4.69) is 10.3 Å². The van der Waals surface area contributed by atoms with Crippen LogP contribution in [0.2, 0.25) is 0 Å². The number of pyridine rings is 1. The van der Waals surface area contributed by atoms with Gasteiger partial charge in [-0.25, -0.2) is 22.4 Å². The van der Waals surface area contributed by atoms with E-state index >= 15 is 0 Å². The Balaban J connectivity index is 1.34. The summed E-state index contributed by atoms with van der Waals surface area (Å²) in [5.41, 5.74) is 0.108. The topological polar surface area (TPSA) is 71.5 Å². The van der Waals surface area contributed by atoms with Crippen molar-refractivity contribution in [3.8, 4) is 11.1 Å². The number of alkyl halides is 2. The first kappa shape index (κ1) is 27.4. The standard InChI is InChI=1S/C29H33F4N3O3/c1-27(2,3)39-25(37)18-13-28(14-18)15-36(16-28)26(38)35-24-20(21-12-19(30)4-5-22(21)31)8-11-34-23(24)17-6-9-29(32,33)10-7-17/h4-5,8,11-12,17-18H,6-7,9-10,13-16H2,1-3H3,(H,35,38). The van der Waals surface area contributed by atoms with Gasteiger partial charge in [0.2, 0.25) is 5.92 Å². The second kappa shape index (κ2) is 9.78. The van der Waals surface area contributed by atoms with Gasteiger partial charge in [-0.3, -0.25) is 9.78 Å². The second-order valence-corrected chi connectivity index (χ2v) is 12.3. The minimum absolute atomic E-state index is 0.0469. The van der Waals surface area contributed by atoms with Gasteiger partial charge in [0.25, 0.3) is 0 Å². The maximum atomic E-state index is 14.8. The van der Waals surface area contributed by atoms with Gasteiger partial charge in [-0.15, -0.1) is 0 Å². The predicted octanol–water partition coefficient (Wildman–Crippen LogP) is 6.91. The highest BCUT2D eigenvalue weighted by atomic mass is 19.3. The average molecular weight is 548 g/mol. The summed E-state index contributed by atoms with van der Waals surface area (Å²) in [4.78, 5) is 31.7. The van der Waals surface area contributed by atoms with Gasteiger partial charge in [0.15, 0.2) is 0 Å². The van der Waals surface area contributed by atoms with Crippen LogP contribution in [0.5, 0.6) is 0 Å². The number of hydrogen-bond donors (Lipinski definition) is 1. The van der Waals surface area contributed by atoms with E-state index in [9.17, 15) is 27.2 Å². The number of carbonyl (C=O) groups is 2. The van der Waals surface area contributed by atoms with Crippen molar-refractivity contribution in [2.45, 2.75) is 76.7 Å². The van der Waals surface area contributed by atoms with E-state index in [0.29, 0.717) is 31.6 Å². The number of nitrogens with one attached hydrogen (secondary N) is 1. The molecule has 6 nitrogen and oxygen atoms in total. The van der Waals surface area contributed by atoms with Crippen LogP contribution in [0, 0.1) is 23.0 Å². The molecule has 1 saturated heterocycles. The molecule has 3 fully saturated rings. The first-order valence-electron chi connectivity index (χ1n) is 13.4. The summed E-state index contributed by atoms with van der Waals surface area (Å²) in [7, 11) is 0. The molecule has 2 saturated carbocycles. The third kappa shape index (κ3) is 5.75. The highest BCUT2D eigenvalue weighted by Gasteiger charge is 2.56. The molecule has 39 heavy (non-hydrogen) atoms. The number of halogens is 4. The number of nitrogens with zero attached hydrogens (tertiary/aromatic N) is 2. The fourth-order valence-electron chi connectivity index (χ4n) is 6.05. The van der Waals surface area contributed by atoms with Gasteiger partial charge in [0, 0.05) is 54.6 Å². The molecule has 0 bridgehead atoms. The monoisotopic (exact) mass is 547 g/mol. The zero-order valence-electron chi connectivity index (χ0n) is 22.3. The molecule has 1 aromatic carbocycles. The van der Waals surface area contributed by atoms with E-state index in [4.69, 9.17) is 4.74 Å². The summed E-state index contributed by atoms with van der Waals surface area (Å²) in [6.45, 7) is 6.37. The molecular weight excluding hydrogens is 514 g/mol. The summed E-state index contributed by atoms with van der Waals surface area (Å²) >= 11 is 0. The number of amides is 2. The molecule has 210 valence electrons. The summed E-state index contributed by atoms with van der Waals surface area (Å²) in [5, 5.41) is 2.85. The minimum Gasteiger partial charge on any atom is -0.460 e. The molecule has 2 aliphatic carbocycles. The fraction of sp³-hybridized carbons (Fsp3) is 0.552. The molecule has 1 aliphatic heterocycles. The van der Waals surface area contributed by atoms with E-state index in [0.717, 1.165) is 18.2 Å². The van der Waals surface area contributed by atoms with Crippen molar-refractivity contribution in [2.75, 3.05) is 18.4 Å². The average Bonchev–Trinajstić information content (AvgIpc) is 2.78. The third-order valence-corrected chi connectivity index (χ3v) is 7.97. The van der Waals surface area contributed by atoms with Crippen LogP contribution in [0.3, 0.4) is 0 Å². The van der Waals surface area contributed by atoms with E-state index in [1.807, 2.05) is 20.8 Å². The van der Waals surface area contributed by atoms with Crippen molar-refractivity contribution in [1.82, 2.24) is 9.88 Å². The number of ether oxygens (including phenoxy) is 1. The number of urea groups is 1. The predicted molar refractivity (Wildman–Crippen MR) is 137 cm³/mol. The largest absolute Gasteiger partial charge is 0.460 e. The van der Waals surface area contributed by atoms with Crippen LogP contribution in [0.25, 0.3) is 11.1 Å². The van der Waals surface area contributed by atoms with Gasteiger partial charge in [0.1, 0.15) is 17.2 Å². The zero-order valence-corrected chi connectivity index (χ0v) is 22.3. The number of carbonyl (C=O) groups excluding carboxylic acids is 2. The summed E-state index contributed by atoms with van der Waals surface area (Å²) in [6.07, 6.45) is 2.42. The summed E-state index contributed by atoms with van der Waals surface area (Å²) < 4.78 is 62.1. The van der Waals surface area contributed by atoms with Crippen molar-refractivity contribution < 1.29 is 31.9 Å². The second-order valence-electron chi connectivity index (χ2n) is 12.3. The molecule has 0 unspecified atom stereocenters. The van der Waals surface area contributed by atoms with E-state index < -0.39 is 29.2 Å². The third-order valence-electron chi connectivity index (χ3n) is 7.97. The number of rotatable bonds is 4. The molecule has 1 aromatic heterocycles. The molecule has 2 heterocycles. The lowest BCUT2D eigenvalue weighted by Crippen LogP contribution is -2.65. The van der Waals surface area contributed by atoms with Crippen LogP contribution in [0.15, 0.2) is 30.5 Å². The molecule has 10 heteroatoms. The van der Waals surface area contributed by atoms with E-state index in [1.165, 1.54) is 12.3 Å². The number of benzene rings is 1. The fourth-order valence-corrected chi connectivity index (χ4v) is 6.05. The molecule has 1 N–H and O–H groups in total. The molecule has 0 radical (unpaired) electrons. The number of esters is 1. The van der Waals surface area contributed by atoms with Gasteiger partial charge < -0.3 is 15.0 Å². The van der Waals surface area contributed by atoms with Crippen LogP contribution in [0.1, 0.15) is 70.9 Å². The first-order chi connectivity index (χ1) is 18.2. The minimum atomic E-state index is -2.75. The maximum Gasteiger partial charge on any atom is 0.321 e. The molecule has 5 rings (SSSR count). The quantitative estimate of drug-likeness (QED) is 0.334. The van der Waals surface area contributed by atoms with Gasteiger partial charge in [-0.1, -0.05) is 0 Å². The lowest BCUT2D eigenvalue weighted by Gasteiger charge is -2.58. The van der Waals surface area contributed by atoms with Gasteiger partial charge in [-0.2, -0.15) is 0 Å². The molecule has 2 aromatic rings. The van der Waals surface area contributed by atoms with Crippen LogP contribution >= 0.6 is 0 Å². The number of aromatic nitrogens is 1. The van der Waals surface area contributed by atoms with Crippen LogP contribution < -0.4 is 5.32 Å². The van der Waals surface area contributed by atoms with Gasteiger partial charge in [0.05, 0.1) is 17.3 Å². The summed E-state index contributed by atoms with van der Waals surface area (Å²) in [5.74, 6) is -4.85. The zero-order chi connectivity index (χ0) is 28.2. The molecule has 1 spiro atoms. The van der Waals surface area contributed by atoms with Crippen molar-refractivity contribution in [2.24, 2.45) is 11.3 Å². The number of hydrogen-bond acceptors (Lipinski definition) is 4. The Morgan fingerprint density at radius 3 is 2.36 bits per heavy atom. The van der Waals surface area contributed by atoms with Crippen LogP contribution in [0.4, 0.5) is 28.0 Å². The molecule has 0 atom stereocenters. The highest BCUT2D eigenvalue weighted by Crippen LogP contribution is 2.53.